The molecule has 0 bridgehead atoms. The van der Waals surface area contributed by atoms with Crippen LogP contribution in [0.25, 0.3) is 11.3 Å². The van der Waals surface area contributed by atoms with E-state index in [9.17, 15) is 14.7 Å². The highest BCUT2D eigenvalue weighted by atomic mass is 16.5. The van der Waals surface area contributed by atoms with Crippen LogP contribution < -0.4 is 0 Å². The zero-order chi connectivity index (χ0) is 18.3. The maximum absolute atomic E-state index is 13.1. The monoisotopic (exact) mass is 352 g/mol. The van der Waals surface area contributed by atoms with Gasteiger partial charge in [-0.15, -0.1) is 0 Å². The first-order chi connectivity index (χ1) is 12.6. The van der Waals surface area contributed by atoms with E-state index in [4.69, 9.17) is 4.52 Å². The zero-order valence-corrected chi connectivity index (χ0v) is 14.0. The number of aryl methyl sites for hydroxylation is 1. The Labute approximate surface area is 148 Å². The van der Waals surface area contributed by atoms with Crippen molar-refractivity contribution >= 4 is 11.9 Å². The molecule has 4 rings (SSSR count). The van der Waals surface area contributed by atoms with Crippen molar-refractivity contribution in [3.05, 3.63) is 59.1 Å². The van der Waals surface area contributed by atoms with Crippen LogP contribution in [-0.2, 0) is 20.0 Å². The predicted molar refractivity (Wildman–Crippen MR) is 90.6 cm³/mol. The lowest BCUT2D eigenvalue weighted by atomic mass is 10.0. The minimum Gasteiger partial charge on any atom is -0.476 e. The SMILES string of the molecule is Cn1ncc(C(=O)N2CCc3onc(C(=O)O)c3C2)c1-c1ccccc1. The number of carboxylic acid groups (broad SMARTS) is 1. The van der Waals surface area contributed by atoms with Gasteiger partial charge in [0.05, 0.1) is 24.0 Å². The number of carbonyl (C=O) groups is 2. The van der Waals surface area contributed by atoms with E-state index in [1.54, 1.807) is 22.8 Å². The highest BCUT2D eigenvalue weighted by Crippen LogP contribution is 2.27. The Morgan fingerprint density at radius 3 is 2.73 bits per heavy atom. The average Bonchev–Trinajstić information content (AvgIpc) is 3.24. The van der Waals surface area contributed by atoms with Crippen molar-refractivity contribution in [2.75, 3.05) is 6.54 Å². The van der Waals surface area contributed by atoms with Crippen molar-refractivity contribution in [2.45, 2.75) is 13.0 Å². The lowest BCUT2D eigenvalue weighted by molar-refractivity contribution is 0.0673. The zero-order valence-electron chi connectivity index (χ0n) is 14.0. The Balaban J connectivity index is 1.68. The minimum atomic E-state index is -1.16. The van der Waals surface area contributed by atoms with Crippen LogP contribution in [0.2, 0.25) is 0 Å². The van der Waals surface area contributed by atoms with E-state index in [-0.39, 0.29) is 18.1 Å². The van der Waals surface area contributed by atoms with Gasteiger partial charge >= 0.3 is 5.97 Å². The Kier molecular flexibility index (Phi) is 3.80. The largest absolute Gasteiger partial charge is 0.476 e. The van der Waals surface area contributed by atoms with Gasteiger partial charge in [-0.25, -0.2) is 4.79 Å². The molecule has 8 nitrogen and oxygen atoms in total. The van der Waals surface area contributed by atoms with Crippen molar-refractivity contribution in [2.24, 2.45) is 7.05 Å². The summed E-state index contributed by atoms with van der Waals surface area (Å²) in [5.74, 6) is -0.822. The maximum Gasteiger partial charge on any atom is 0.358 e. The molecule has 0 saturated heterocycles. The smallest absolute Gasteiger partial charge is 0.358 e. The molecular weight excluding hydrogens is 336 g/mol. The molecule has 0 fully saturated rings. The molecule has 0 spiro atoms. The van der Waals surface area contributed by atoms with Gasteiger partial charge in [0.1, 0.15) is 5.76 Å². The van der Waals surface area contributed by atoms with Gasteiger partial charge in [-0.2, -0.15) is 5.10 Å². The number of hydrogen-bond acceptors (Lipinski definition) is 5. The number of nitrogens with zero attached hydrogens (tertiary/aromatic N) is 4. The number of hydrogen-bond donors (Lipinski definition) is 1. The maximum atomic E-state index is 13.1. The number of benzene rings is 1. The highest BCUT2D eigenvalue weighted by Gasteiger charge is 2.31. The third kappa shape index (κ3) is 2.55. The van der Waals surface area contributed by atoms with Gasteiger partial charge in [-0.05, 0) is 0 Å². The summed E-state index contributed by atoms with van der Waals surface area (Å²) in [6, 6.07) is 9.56. The summed E-state index contributed by atoms with van der Waals surface area (Å²) < 4.78 is 6.76. The van der Waals surface area contributed by atoms with E-state index in [1.807, 2.05) is 30.3 Å². The van der Waals surface area contributed by atoms with Gasteiger partial charge in [-0.3, -0.25) is 9.48 Å². The number of fused-ring (bicyclic) bond motifs is 1. The Morgan fingerprint density at radius 1 is 1.23 bits per heavy atom. The lowest BCUT2D eigenvalue weighted by Crippen LogP contribution is -2.36. The molecule has 1 N–H and O–H groups in total. The third-order valence-corrected chi connectivity index (χ3v) is 4.53. The molecule has 0 radical (unpaired) electrons. The fourth-order valence-electron chi connectivity index (χ4n) is 3.25. The van der Waals surface area contributed by atoms with Crippen LogP contribution in [0, 0.1) is 0 Å². The third-order valence-electron chi connectivity index (χ3n) is 4.53. The summed E-state index contributed by atoms with van der Waals surface area (Å²) in [5, 5.41) is 17.1. The Bertz CT molecular complexity index is 990. The number of aromatic nitrogens is 3. The van der Waals surface area contributed by atoms with Gasteiger partial charge in [-0.1, -0.05) is 35.5 Å². The molecule has 8 heteroatoms. The number of carbonyl (C=O) groups excluding carboxylic acids is 1. The van der Waals surface area contributed by atoms with E-state index in [2.05, 4.69) is 10.3 Å². The van der Waals surface area contributed by atoms with Crippen molar-refractivity contribution < 1.29 is 19.2 Å². The summed E-state index contributed by atoms with van der Waals surface area (Å²) in [7, 11) is 1.79. The molecular formula is C18H16N4O4. The van der Waals surface area contributed by atoms with Gasteiger partial charge < -0.3 is 14.5 Å². The first kappa shape index (κ1) is 16.1. The van der Waals surface area contributed by atoms with Crippen molar-refractivity contribution in [3.63, 3.8) is 0 Å². The standard InChI is InChI=1S/C18H16N4O4/c1-21-16(11-5-3-2-4-6-11)12(9-19-21)17(23)22-8-7-14-13(10-22)15(18(24)25)20-26-14/h2-6,9H,7-8,10H2,1H3,(H,24,25). The topological polar surface area (TPSA) is 101 Å². The van der Waals surface area contributed by atoms with E-state index in [1.165, 1.54) is 0 Å². The molecule has 3 heterocycles. The molecule has 0 unspecified atom stereocenters. The molecule has 1 amide bonds. The molecule has 1 aromatic carbocycles. The number of aromatic carboxylic acids is 1. The molecule has 26 heavy (non-hydrogen) atoms. The molecule has 1 aliphatic rings. The van der Waals surface area contributed by atoms with Gasteiger partial charge in [0.2, 0.25) is 0 Å². The normalized spacial score (nSPS) is 13.5. The van der Waals surface area contributed by atoms with Crippen LogP contribution >= 0.6 is 0 Å². The molecule has 1 aliphatic heterocycles. The fraction of sp³-hybridized carbons (Fsp3) is 0.222. The second-order valence-electron chi connectivity index (χ2n) is 6.11. The first-order valence-corrected chi connectivity index (χ1v) is 8.13. The van der Waals surface area contributed by atoms with Gasteiger partial charge in [0.15, 0.2) is 5.69 Å². The van der Waals surface area contributed by atoms with E-state index >= 15 is 0 Å². The average molecular weight is 352 g/mol. The van der Waals surface area contributed by atoms with Crippen LogP contribution in [0.15, 0.2) is 41.1 Å². The number of rotatable bonds is 3. The van der Waals surface area contributed by atoms with E-state index < -0.39 is 5.97 Å². The van der Waals surface area contributed by atoms with Gasteiger partial charge in [0.25, 0.3) is 5.91 Å². The molecule has 3 aromatic rings. The summed E-state index contributed by atoms with van der Waals surface area (Å²) in [4.78, 5) is 26.0. The Morgan fingerprint density at radius 2 is 2.00 bits per heavy atom. The van der Waals surface area contributed by atoms with E-state index in [0.29, 0.717) is 29.9 Å². The molecule has 0 aliphatic carbocycles. The highest BCUT2D eigenvalue weighted by molar-refractivity contribution is 6.00. The molecule has 132 valence electrons. The van der Waals surface area contributed by atoms with Crippen molar-refractivity contribution in [1.29, 1.82) is 0 Å². The van der Waals surface area contributed by atoms with Crippen LogP contribution in [0.1, 0.15) is 32.2 Å². The quantitative estimate of drug-likeness (QED) is 0.773. The second-order valence-corrected chi connectivity index (χ2v) is 6.11. The van der Waals surface area contributed by atoms with Gasteiger partial charge in [0, 0.05) is 31.1 Å². The predicted octanol–water partition coefficient (Wildman–Crippen LogP) is 1.97. The summed E-state index contributed by atoms with van der Waals surface area (Å²) in [5.41, 5.74) is 2.43. The number of amides is 1. The first-order valence-electron chi connectivity index (χ1n) is 8.13. The van der Waals surface area contributed by atoms with Crippen LogP contribution in [0.3, 0.4) is 0 Å². The molecule has 2 aromatic heterocycles. The lowest BCUT2D eigenvalue weighted by Gasteiger charge is -2.26. The van der Waals surface area contributed by atoms with E-state index in [0.717, 1.165) is 11.3 Å². The second kappa shape index (κ2) is 6.14. The minimum absolute atomic E-state index is 0.132. The molecule has 0 saturated carbocycles. The summed E-state index contributed by atoms with van der Waals surface area (Å²) in [6.07, 6.45) is 1.98. The summed E-state index contributed by atoms with van der Waals surface area (Å²) >= 11 is 0. The fourth-order valence-corrected chi connectivity index (χ4v) is 3.25. The Hall–Kier alpha value is -3.42. The van der Waals surface area contributed by atoms with Crippen LogP contribution in [0.4, 0.5) is 0 Å². The molecule has 0 atom stereocenters. The van der Waals surface area contributed by atoms with Crippen molar-refractivity contribution in [1.82, 2.24) is 19.8 Å². The van der Waals surface area contributed by atoms with Crippen molar-refractivity contribution in [3.8, 4) is 11.3 Å². The van der Waals surface area contributed by atoms with Crippen LogP contribution in [-0.4, -0.2) is 43.4 Å². The summed E-state index contributed by atoms with van der Waals surface area (Å²) in [6.45, 7) is 0.589. The van der Waals surface area contributed by atoms with Crippen LogP contribution in [0.5, 0.6) is 0 Å². The number of carboxylic acids is 1.